The van der Waals surface area contributed by atoms with Gasteiger partial charge >= 0.3 is 0 Å². The lowest BCUT2D eigenvalue weighted by Crippen LogP contribution is -2.27. The number of likely N-dealkylation sites (N-methyl/N-ethyl adjacent to an activating group) is 1. The Bertz CT molecular complexity index is 784. The first-order valence-corrected chi connectivity index (χ1v) is 9.51. The molecule has 2 unspecified atom stereocenters. The lowest BCUT2D eigenvalue weighted by Gasteiger charge is -2.27. The van der Waals surface area contributed by atoms with Gasteiger partial charge in [0, 0.05) is 36.8 Å². The van der Waals surface area contributed by atoms with Gasteiger partial charge in [-0.2, -0.15) is 0 Å². The van der Waals surface area contributed by atoms with Gasteiger partial charge in [0.2, 0.25) is 0 Å². The van der Waals surface area contributed by atoms with Crippen molar-refractivity contribution < 1.29 is 0 Å². The number of hydrogen-bond acceptors (Lipinski definition) is 1. The number of nitrogens with zero attached hydrogens (tertiary/aromatic N) is 2. The van der Waals surface area contributed by atoms with E-state index in [2.05, 4.69) is 61.7 Å². The topological polar surface area (TPSA) is 8.17 Å². The zero-order chi connectivity index (χ0) is 16.8. The van der Waals surface area contributed by atoms with Crippen molar-refractivity contribution in [2.75, 3.05) is 13.6 Å². The molecule has 1 fully saturated rings. The summed E-state index contributed by atoms with van der Waals surface area (Å²) in [4.78, 5) is 2.45. The molecule has 1 saturated carbocycles. The molecule has 0 N–H and O–H groups in total. The number of aromatic nitrogens is 1. The maximum atomic E-state index is 2.54. The summed E-state index contributed by atoms with van der Waals surface area (Å²) in [6, 6.07) is 6.98. The van der Waals surface area contributed by atoms with Gasteiger partial charge in [0.25, 0.3) is 0 Å². The van der Waals surface area contributed by atoms with Crippen molar-refractivity contribution in [3.05, 3.63) is 40.6 Å². The van der Waals surface area contributed by atoms with E-state index in [-0.39, 0.29) is 0 Å². The number of allylic oxidation sites excluding steroid dienone is 1. The first-order chi connectivity index (χ1) is 11.5. The normalized spacial score (nSPS) is 25.1. The number of rotatable bonds is 1. The van der Waals surface area contributed by atoms with Crippen molar-refractivity contribution in [3.63, 3.8) is 0 Å². The molecule has 0 bridgehead atoms. The quantitative estimate of drug-likeness (QED) is 0.697. The van der Waals surface area contributed by atoms with Crippen molar-refractivity contribution in [1.29, 1.82) is 0 Å². The molecular weight excluding hydrogens is 292 g/mol. The van der Waals surface area contributed by atoms with Crippen LogP contribution in [0.1, 0.15) is 49.9 Å². The molecule has 0 amide bonds. The van der Waals surface area contributed by atoms with Crippen molar-refractivity contribution in [1.82, 2.24) is 9.47 Å². The molecule has 4 rings (SSSR count). The molecule has 128 valence electrons. The van der Waals surface area contributed by atoms with Crippen LogP contribution in [0.25, 0.3) is 17.1 Å². The number of fused-ring (bicyclic) bond motifs is 3. The highest BCUT2D eigenvalue weighted by Crippen LogP contribution is 2.36. The summed E-state index contributed by atoms with van der Waals surface area (Å²) in [5.74, 6) is 1.65. The van der Waals surface area contributed by atoms with E-state index in [9.17, 15) is 0 Å². The van der Waals surface area contributed by atoms with E-state index in [0.29, 0.717) is 0 Å². The second-order valence-corrected chi connectivity index (χ2v) is 8.45. The second-order valence-electron chi connectivity index (χ2n) is 8.45. The van der Waals surface area contributed by atoms with Crippen LogP contribution in [0.5, 0.6) is 0 Å². The van der Waals surface area contributed by atoms with E-state index in [0.717, 1.165) is 31.3 Å². The molecule has 2 aromatic rings. The summed E-state index contributed by atoms with van der Waals surface area (Å²) in [5.41, 5.74) is 7.51. The third-order valence-corrected chi connectivity index (χ3v) is 5.87. The number of aryl methyl sites for hydroxylation is 1. The lowest BCUT2D eigenvalue weighted by molar-refractivity contribution is 0.311. The van der Waals surface area contributed by atoms with Crippen molar-refractivity contribution >= 4 is 17.1 Å². The molecule has 1 aromatic carbocycles. The van der Waals surface area contributed by atoms with Gasteiger partial charge in [0.1, 0.15) is 0 Å². The first kappa shape index (κ1) is 16.0. The van der Waals surface area contributed by atoms with Gasteiger partial charge in [-0.15, -0.1) is 0 Å². The Labute approximate surface area is 146 Å². The zero-order valence-corrected chi connectivity index (χ0v) is 15.6. The molecule has 0 radical (unpaired) electrons. The maximum Gasteiger partial charge on any atom is 0.0528 e. The van der Waals surface area contributed by atoms with Crippen LogP contribution in [0.15, 0.2) is 23.8 Å². The zero-order valence-electron chi connectivity index (χ0n) is 15.6. The molecule has 2 nitrogen and oxygen atoms in total. The van der Waals surface area contributed by atoms with Crippen LogP contribution >= 0.6 is 0 Å². The highest BCUT2D eigenvalue weighted by atomic mass is 15.1. The van der Waals surface area contributed by atoms with Gasteiger partial charge in [0.05, 0.1) is 5.52 Å². The van der Waals surface area contributed by atoms with Crippen LogP contribution in [0.2, 0.25) is 0 Å². The minimum atomic E-state index is 0.825. The molecule has 2 heterocycles. The maximum absolute atomic E-state index is 2.54. The minimum absolute atomic E-state index is 0.825. The molecule has 1 aliphatic heterocycles. The van der Waals surface area contributed by atoms with Gasteiger partial charge in [-0.3, -0.25) is 0 Å². The third-order valence-electron chi connectivity index (χ3n) is 5.87. The van der Waals surface area contributed by atoms with Crippen molar-refractivity contribution in [3.8, 4) is 0 Å². The van der Waals surface area contributed by atoms with Gasteiger partial charge in [-0.05, 0) is 62.8 Å². The standard InChI is InChI=1S/C22H30N2/c1-15-5-6-21-19(12-15)20-14-23(4)8-7-22(20)24(21)13-18-10-16(2)9-17(3)11-18/h5-6,12-13,16-17H,7-11,14H2,1-4H3. The average Bonchev–Trinajstić information content (AvgIpc) is 2.79. The van der Waals surface area contributed by atoms with E-state index in [1.54, 1.807) is 16.8 Å². The second kappa shape index (κ2) is 6.07. The predicted molar refractivity (Wildman–Crippen MR) is 103 cm³/mol. The Morgan fingerprint density at radius 2 is 1.88 bits per heavy atom. The SMILES string of the molecule is Cc1ccc2c(c1)c1c(n2C=C2CC(C)CC(C)C2)CCN(C)C1. The molecule has 24 heavy (non-hydrogen) atoms. The third kappa shape index (κ3) is 2.82. The van der Waals surface area contributed by atoms with E-state index < -0.39 is 0 Å². The van der Waals surface area contributed by atoms with Gasteiger partial charge in [-0.25, -0.2) is 0 Å². The average molecular weight is 322 g/mol. The van der Waals surface area contributed by atoms with Crippen molar-refractivity contribution in [2.24, 2.45) is 11.8 Å². The Morgan fingerprint density at radius 1 is 1.12 bits per heavy atom. The number of benzene rings is 1. The van der Waals surface area contributed by atoms with Gasteiger partial charge in [0.15, 0.2) is 0 Å². The van der Waals surface area contributed by atoms with Crippen LogP contribution < -0.4 is 0 Å². The minimum Gasteiger partial charge on any atom is -0.320 e. The molecule has 0 spiro atoms. The molecule has 0 saturated heterocycles. The van der Waals surface area contributed by atoms with E-state index in [4.69, 9.17) is 0 Å². The Morgan fingerprint density at radius 3 is 2.62 bits per heavy atom. The monoisotopic (exact) mass is 322 g/mol. The summed E-state index contributed by atoms with van der Waals surface area (Å²) < 4.78 is 2.54. The van der Waals surface area contributed by atoms with E-state index in [1.807, 2.05) is 0 Å². The fourth-order valence-corrected chi connectivity index (χ4v) is 4.91. The highest BCUT2D eigenvalue weighted by molar-refractivity contribution is 5.88. The molecule has 1 aromatic heterocycles. The van der Waals surface area contributed by atoms with E-state index in [1.165, 1.54) is 35.7 Å². The molecule has 2 heteroatoms. The van der Waals surface area contributed by atoms with Crippen LogP contribution in [-0.2, 0) is 13.0 Å². The predicted octanol–water partition coefficient (Wildman–Crippen LogP) is 5.23. The summed E-state index contributed by atoms with van der Waals surface area (Å²) in [5, 5.41) is 1.46. The van der Waals surface area contributed by atoms with Crippen molar-refractivity contribution in [2.45, 2.75) is 53.0 Å². The largest absolute Gasteiger partial charge is 0.320 e. The lowest BCUT2D eigenvalue weighted by atomic mass is 9.80. The molecule has 2 atom stereocenters. The fourth-order valence-electron chi connectivity index (χ4n) is 4.91. The molecule has 2 aliphatic rings. The summed E-state index contributed by atoms with van der Waals surface area (Å²) >= 11 is 0. The highest BCUT2D eigenvalue weighted by Gasteiger charge is 2.23. The van der Waals surface area contributed by atoms with Crippen LogP contribution in [-0.4, -0.2) is 23.1 Å². The number of hydrogen-bond donors (Lipinski definition) is 0. The van der Waals surface area contributed by atoms with Gasteiger partial charge < -0.3 is 9.47 Å². The van der Waals surface area contributed by atoms with Crippen LogP contribution in [0, 0.1) is 18.8 Å². The van der Waals surface area contributed by atoms with E-state index >= 15 is 0 Å². The Hall–Kier alpha value is -1.54. The smallest absolute Gasteiger partial charge is 0.0528 e. The Kier molecular flexibility index (Phi) is 4.04. The Balaban J connectivity index is 1.86. The fraction of sp³-hybridized carbons (Fsp3) is 0.545. The first-order valence-electron chi connectivity index (χ1n) is 9.51. The van der Waals surface area contributed by atoms with Crippen LogP contribution in [0.3, 0.4) is 0 Å². The van der Waals surface area contributed by atoms with Gasteiger partial charge in [-0.1, -0.05) is 31.1 Å². The summed E-state index contributed by atoms with van der Waals surface area (Å²) in [6.07, 6.45) is 7.57. The summed E-state index contributed by atoms with van der Waals surface area (Å²) in [6.45, 7) is 9.27. The summed E-state index contributed by atoms with van der Waals surface area (Å²) in [7, 11) is 2.24. The van der Waals surface area contributed by atoms with Crippen LogP contribution in [0.4, 0.5) is 0 Å². The molecule has 1 aliphatic carbocycles. The molecular formula is C22H30N2.